The molecule has 1 heterocycles. The van der Waals surface area contributed by atoms with E-state index >= 15 is 0 Å². The first kappa shape index (κ1) is 19.5. The molecule has 0 aliphatic heterocycles. The number of nitrogens with zero attached hydrogens (tertiary/aromatic N) is 1. The van der Waals surface area contributed by atoms with Crippen molar-refractivity contribution in [1.82, 2.24) is 4.98 Å². The van der Waals surface area contributed by atoms with E-state index in [1.54, 1.807) is 48.7 Å². The van der Waals surface area contributed by atoms with E-state index in [-0.39, 0.29) is 10.8 Å². The van der Waals surface area contributed by atoms with Gasteiger partial charge in [0.05, 0.1) is 16.8 Å². The maximum atomic E-state index is 12.1. The van der Waals surface area contributed by atoms with E-state index in [0.29, 0.717) is 24.3 Å². The van der Waals surface area contributed by atoms with E-state index in [2.05, 4.69) is 15.6 Å². The van der Waals surface area contributed by atoms with E-state index in [1.165, 1.54) is 12.1 Å². The number of sulfonamides is 1. The molecule has 0 bridgehead atoms. The summed E-state index contributed by atoms with van der Waals surface area (Å²) in [5, 5.41) is 11.1. The summed E-state index contributed by atoms with van der Waals surface area (Å²) in [5.74, 6) is 0.259. The van der Waals surface area contributed by atoms with Gasteiger partial charge in [-0.2, -0.15) is 0 Å². The average Bonchev–Trinajstić information content (AvgIpc) is 2.70. The third-order valence-corrected chi connectivity index (χ3v) is 4.96. The van der Waals surface area contributed by atoms with E-state index in [1.807, 2.05) is 12.1 Å². The molecule has 0 saturated heterocycles. The van der Waals surface area contributed by atoms with Crippen LogP contribution in [-0.2, 0) is 16.4 Å². The molecule has 0 fully saturated rings. The number of carbonyl (C=O) groups excluding carboxylic acids is 1. The lowest BCUT2D eigenvalue weighted by atomic mass is 10.1. The Balaban J connectivity index is 1.50. The Hall–Kier alpha value is -3.23. The molecule has 144 valence electrons. The van der Waals surface area contributed by atoms with Gasteiger partial charge in [-0.25, -0.2) is 18.5 Å². The predicted octanol–water partition coefficient (Wildman–Crippen LogP) is 2.64. The zero-order valence-electron chi connectivity index (χ0n) is 15.0. The first-order valence-corrected chi connectivity index (χ1v) is 10.1. The van der Waals surface area contributed by atoms with Gasteiger partial charge in [0.1, 0.15) is 5.82 Å². The lowest BCUT2D eigenvalue weighted by Crippen LogP contribution is -2.13. The highest BCUT2D eigenvalue weighted by molar-refractivity contribution is 7.89. The highest BCUT2D eigenvalue weighted by atomic mass is 32.2. The number of anilines is 2. The van der Waals surface area contributed by atoms with Crippen molar-refractivity contribution in [3.8, 4) is 0 Å². The van der Waals surface area contributed by atoms with Crippen molar-refractivity contribution in [2.45, 2.75) is 11.3 Å². The summed E-state index contributed by atoms with van der Waals surface area (Å²) in [6.45, 7) is 0.645. The van der Waals surface area contributed by atoms with Crippen molar-refractivity contribution >= 4 is 27.4 Å². The van der Waals surface area contributed by atoms with Crippen LogP contribution in [0.5, 0.6) is 0 Å². The molecule has 2 aromatic carbocycles. The number of hydrogen-bond donors (Lipinski definition) is 3. The van der Waals surface area contributed by atoms with Crippen molar-refractivity contribution in [3.05, 3.63) is 84.1 Å². The van der Waals surface area contributed by atoms with Crippen LogP contribution < -0.4 is 15.8 Å². The van der Waals surface area contributed by atoms with Crippen LogP contribution >= 0.6 is 0 Å². The minimum atomic E-state index is -3.67. The number of hydrogen-bond acceptors (Lipinski definition) is 5. The largest absolute Gasteiger partial charge is 0.383 e. The predicted molar refractivity (Wildman–Crippen MR) is 109 cm³/mol. The second-order valence-corrected chi connectivity index (χ2v) is 7.68. The first-order valence-electron chi connectivity index (χ1n) is 8.60. The Morgan fingerprint density at radius 3 is 2.29 bits per heavy atom. The van der Waals surface area contributed by atoms with Gasteiger partial charge in [-0.05, 0) is 48.4 Å². The van der Waals surface area contributed by atoms with Gasteiger partial charge in [0, 0.05) is 12.1 Å². The summed E-state index contributed by atoms with van der Waals surface area (Å²) < 4.78 is 22.5. The summed E-state index contributed by atoms with van der Waals surface area (Å²) in [4.78, 5) is 16.4. The smallest absolute Gasteiger partial charge is 0.256 e. The second-order valence-electron chi connectivity index (χ2n) is 6.12. The van der Waals surface area contributed by atoms with Crippen LogP contribution in [0, 0.1) is 0 Å². The lowest BCUT2D eigenvalue weighted by Gasteiger charge is -2.08. The first-order chi connectivity index (χ1) is 13.4. The Morgan fingerprint density at radius 2 is 1.68 bits per heavy atom. The summed E-state index contributed by atoms with van der Waals surface area (Å²) in [6, 6.07) is 19.0. The SMILES string of the molecule is NS(=O)(=O)c1ccc(CCNc2ccc(NC(=O)c3ccccc3)nc2)cc1. The van der Waals surface area contributed by atoms with Crippen LogP contribution in [0.3, 0.4) is 0 Å². The highest BCUT2D eigenvalue weighted by Crippen LogP contribution is 2.13. The topological polar surface area (TPSA) is 114 Å². The minimum Gasteiger partial charge on any atom is -0.383 e. The van der Waals surface area contributed by atoms with Crippen LogP contribution in [0.4, 0.5) is 11.5 Å². The van der Waals surface area contributed by atoms with E-state index in [0.717, 1.165) is 11.3 Å². The maximum Gasteiger partial charge on any atom is 0.256 e. The summed E-state index contributed by atoms with van der Waals surface area (Å²) in [6.07, 6.45) is 2.35. The molecule has 0 radical (unpaired) electrons. The summed E-state index contributed by atoms with van der Waals surface area (Å²) in [5.41, 5.74) is 2.37. The molecule has 3 aromatic rings. The second kappa shape index (κ2) is 8.64. The van der Waals surface area contributed by atoms with Gasteiger partial charge in [-0.1, -0.05) is 30.3 Å². The quantitative estimate of drug-likeness (QED) is 0.568. The standard InChI is InChI=1S/C20H20N4O3S/c21-28(26,27)18-9-6-15(7-10-18)12-13-22-17-8-11-19(23-14-17)24-20(25)16-4-2-1-3-5-16/h1-11,14,22H,12-13H2,(H2,21,26,27)(H,23,24,25). The van der Waals surface area contributed by atoms with Crippen molar-refractivity contribution < 1.29 is 13.2 Å². The van der Waals surface area contributed by atoms with Crippen LogP contribution in [0.25, 0.3) is 0 Å². The zero-order valence-corrected chi connectivity index (χ0v) is 15.8. The molecule has 7 nitrogen and oxygen atoms in total. The van der Waals surface area contributed by atoms with Crippen molar-refractivity contribution in [1.29, 1.82) is 0 Å². The van der Waals surface area contributed by atoms with E-state index < -0.39 is 10.0 Å². The van der Waals surface area contributed by atoms with Crippen molar-refractivity contribution in [2.24, 2.45) is 5.14 Å². The van der Waals surface area contributed by atoms with Gasteiger partial charge in [0.2, 0.25) is 10.0 Å². The van der Waals surface area contributed by atoms with Gasteiger partial charge in [0.25, 0.3) is 5.91 Å². The number of amides is 1. The fourth-order valence-electron chi connectivity index (χ4n) is 2.55. The van der Waals surface area contributed by atoms with Gasteiger partial charge >= 0.3 is 0 Å². The van der Waals surface area contributed by atoms with Crippen LogP contribution in [0.2, 0.25) is 0 Å². The van der Waals surface area contributed by atoms with Gasteiger partial charge in [0.15, 0.2) is 0 Å². The number of rotatable bonds is 7. The molecule has 0 aliphatic carbocycles. The molecule has 0 saturated carbocycles. The Labute approximate surface area is 163 Å². The summed E-state index contributed by atoms with van der Waals surface area (Å²) >= 11 is 0. The monoisotopic (exact) mass is 396 g/mol. The number of pyridine rings is 1. The van der Waals surface area contributed by atoms with E-state index in [4.69, 9.17) is 5.14 Å². The van der Waals surface area contributed by atoms with Crippen LogP contribution in [0.15, 0.2) is 77.8 Å². The molecule has 1 amide bonds. The van der Waals surface area contributed by atoms with Crippen molar-refractivity contribution in [2.75, 3.05) is 17.2 Å². The van der Waals surface area contributed by atoms with Crippen LogP contribution in [0.1, 0.15) is 15.9 Å². The fraction of sp³-hybridized carbons (Fsp3) is 0.100. The Morgan fingerprint density at radius 1 is 0.964 bits per heavy atom. The van der Waals surface area contributed by atoms with Crippen LogP contribution in [-0.4, -0.2) is 25.9 Å². The van der Waals surface area contributed by atoms with Gasteiger partial charge in [-0.15, -0.1) is 0 Å². The van der Waals surface area contributed by atoms with Gasteiger partial charge < -0.3 is 10.6 Å². The third-order valence-electron chi connectivity index (χ3n) is 4.04. The zero-order chi connectivity index (χ0) is 20.0. The normalized spacial score (nSPS) is 11.0. The maximum absolute atomic E-state index is 12.1. The minimum absolute atomic E-state index is 0.0987. The lowest BCUT2D eigenvalue weighted by molar-refractivity contribution is 0.102. The number of nitrogens with two attached hydrogens (primary N) is 1. The number of carbonyl (C=O) groups is 1. The molecule has 0 atom stereocenters. The van der Waals surface area contributed by atoms with E-state index in [9.17, 15) is 13.2 Å². The molecule has 28 heavy (non-hydrogen) atoms. The number of primary sulfonamides is 1. The van der Waals surface area contributed by atoms with Crippen molar-refractivity contribution in [3.63, 3.8) is 0 Å². The molecular formula is C20H20N4O3S. The fourth-order valence-corrected chi connectivity index (χ4v) is 3.06. The molecule has 8 heteroatoms. The average molecular weight is 396 g/mol. The molecule has 3 rings (SSSR count). The Bertz CT molecular complexity index is 1040. The Kier molecular flexibility index (Phi) is 6.03. The molecule has 0 spiro atoms. The highest BCUT2D eigenvalue weighted by Gasteiger charge is 2.07. The number of nitrogens with one attached hydrogen (secondary N) is 2. The molecule has 0 aliphatic rings. The third kappa shape index (κ3) is 5.38. The molecule has 4 N–H and O–H groups in total. The molecule has 0 unspecified atom stereocenters. The van der Waals surface area contributed by atoms with Gasteiger partial charge in [-0.3, -0.25) is 4.79 Å². The number of aromatic nitrogens is 1. The molecule has 1 aromatic heterocycles. The summed E-state index contributed by atoms with van der Waals surface area (Å²) in [7, 11) is -3.67. The number of benzene rings is 2. The molecular weight excluding hydrogens is 376 g/mol.